The lowest BCUT2D eigenvalue weighted by Crippen LogP contribution is -2.35. The summed E-state index contributed by atoms with van der Waals surface area (Å²) in [5, 5.41) is 5.44. The lowest BCUT2D eigenvalue weighted by Gasteiger charge is -2.24. The van der Waals surface area contributed by atoms with E-state index in [1.54, 1.807) is 50.4 Å². The number of sulfonamides is 1. The minimum atomic E-state index is -3.75. The molecule has 0 unspecified atom stereocenters. The van der Waals surface area contributed by atoms with E-state index < -0.39 is 16.1 Å². The van der Waals surface area contributed by atoms with E-state index in [-0.39, 0.29) is 29.1 Å². The Morgan fingerprint density at radius 2 is 2.03 bits per heavy atom. The molecule has 150 valence electrons. The fraction of sp³-hybridized carbons (Fsp3) is 0.211. The fourth-order valence-corrected chi connectivity index (χ4v) is 4.39. The Balaban J connectivity index is 1.47. The van der Waals surface area contributed by atoms with Crippen molar-refractivity contribution in [1.82, 2.24) is 4.90 Å². The summed E-state index contributed by atoms with van der Waals surface area (Å²) < 4.78 is 33.6. The van der Waals surface area contributed by atoms with Crippen molar-refractivity contribution in [2.45, 2.75) is 17.9 Å². The number of amides is 2. The van der Waals surface area contributed by atoms with Gasteiger partial charge in [-0.2, -0.15) is 8.42 Å². The third-order valence-corrected chi connectivity index (χ3v) is 5.87. The number of fused-ring (bicyclic) bond motifs is 2. The average molecular weight is 414 g/mol. The van der Waals surface area contributed by atoms with E-state index in [2.05, 4.69) is 15.0 Å². The van der Waals surface area contributed by atoms with Crippen molar-refractivity contribution in [2.24, 2.45) is 4.40 Å². The van der Waals surface area contributed by atoms with Crippen LogP contribution >= 0.6 is 0 Å². The van der Waals surface area contributed by atoms with Gasteiger partial charge in [0.25, 0.3) is 15.9 Å². The molecule has 9 nitrogen and oxygen atoms in total. The monoisotopic (exact) mass is 414 g/mol. The second kappa shape index (κ2) is 6.89. The third-order valence-electron chi connectivity index (χ3n) is 4.55. The van der Waals surface area contributed by atoms with E-state index in [4.69, 9.17) is 4.74 Å². The molecule has 2 aliphatic heterocycles. The zero-order valence-electron chi connectivity index (χ0n) is 15.7. The van der Waals surface area contributed by atoms with E-state index in [9.17, 15) is 18.0 Å². The standard InChI is InChI=1S/C19H18N4O5S/c1-11-19(25)21-14-9-12(7-8-15(14)28-11)20-17(24)10-23(2)18-13-5-3-4-6-16(13)29(26,27)22-18/h3-9,11H,10H2,1-2H3,(H,20,24)(H,21,25)/t11-/m0/s1. The van der Waals surface area contributed by atoms with E-state index >= 15 is 0 Å². The quantitative estimate of drug-likeness (QED) is 0.785. The van der Waals surface area contributed by atoms with Gasteiger partial charge in [-0.05, 0) is 37.3 Å². The van der Waals surface area contributed by atoms with Crippen LogP contribution in [0.5, 0.6) is 5.75 Å². The zero-order valence-corrected chi connectivity index (χ0v) is 16.5. The molecule has 2 aliphatic rings. The number of hydrogen-bond acceptors (Lipinski definition) is 6. The number of ether oxygens (including phenoxy) is 1. The summed E-state index contributed by atoms with van der Waals surface area (Å²) in [6.45, 7) is 1.54. The Morgan fingerprint density at radius 1 is 1.28 bits per heavy atom. The number of benzene rings is 2. The van der Waals surface area contributed by atoms with Crippen LogP contribution < -0.4 is 15.4 Å². The second-order valence-corrected chi connectivity index (χ2v) is 8.32. The molecule has 0 bridgehead atoms. The maximum atomic E-state index is 12.5. The number of rotatable bonds is 3. The van der Waals surface area contributed by atoms with Gasteiger partial charge < -0.3 is 20.3 Å². The molecule has 2 aromatic rings. The van der Waals surface area contributed by atoms with Crippen LogP contribution in [0.1, 0.15) is 12.5 Å². The summed E-state index contributed by atoms with van der Waals surface area (Å²) >= 11 is 0. The number of nitrogens with one attached hydrogen (secondary N) is 2. The van der Waals surface area contributed by atoms with Crippen LogP contribution in [0.3, 0.4) is 0 Å². The number of hydrogen-bond donors (Lipinski definition) is 2. The number of likely N-dealkylation sites (N-methyl/N-ethyl adjacent to an activating group) is 1. The Morgan fingerprint density at radius 3 is 2.83 bits per heavy atom. The number of amidine groups is 1. The first kappa shape index (κ1) is 18.9. The van der Waals surface area contributed by atoms with E-state index in [0.717, 1.165) is 0 Å². The molecule has 0 saturated carbocycles. The maximum Gasteiger partial charge on any atom is 0.285 e. The van der Waals surface area contributed by atoms with Crippen LogP contribution in [-0.2, 0) is 19.6 Å². The maximum absolute atomic E-state index is 12.5. The predicted molar refractivity (Wildman–Crippen MR) is 107 cm³/mol. The van der Waals surface area contributed by atoms with E-state index in [1.807, 2.05) is 0 Å². The Labute approximate surface area is 167 Å². The van der Waals surface area contributed by atoms with Gasteiger partial charge in [-0.25, -0.2) is 0 Å². The number of carbonyl (C=O) groups excluding carboxylic acids is 2. The molecule has 0 spiro atoms. The highest BCUT2D eigenvalue weighted by Gasteiger charge is 2.31. The van der Waals surface area contributed by atoms with Crippen molar-refractivity contribution in [3.05, 3.63) is 48.0 Å². The third kappa shape index (κ3) is 3.54. The van der Waals surface area contributed by atoms with Crippen molar-refractivity contribution < 1.29 is 22.7 Å². The normalized spacial score (nSPS) is 18.6. The van der Waals surface area contributed by atoms with Crippen LogP contribution in [0, 0.1) is 0 Å². The van der Waals surface area contributed by atoms with Gasteiger partial charge in [-0.15, -0.1) is 4.40 Å². The summed E-state index contributed by atoms with van der Waals surface area (Å²) in [7, 11) is -2.16. The van der Waals surface area contributed by atoms with Crippen LogP contribution in [0.15, 0.2) is 51.8 Å². The van der Waals surface area contributed by atoms with Crippen molar-refractivity contribution >= 4 is 39.0 Å². The molecule has 29 heavy (non-hydrogen) atoms. The summed E-state index contributed by atoms with van der Waals surface area (Å²) in [6, 6.07) is 11.4. The summed E-state index contributed by atoms with van der Waals surface area (Å²) in [5.41, 5.74) is 1.41. The molecule has 0 aliphatic carbocycles. The topological polar surface area (TPSA) is 117 Å². The summed E-state index contributed by atoms with van der Waals surface area (Å²) in [4.78, 5) is 25.8. The highest BCUT2D eigenvalue weighted by Crippen LogP contribution is 2.32. The van der Waals surface area contributed by atoms with Gasteiger partial charge in [-0.1, -0.05) is 12.1 Å². The largest absolute Gasteiger partial charge is 0.479 e. The molecule has 2 N–H and O–H groups in total. The minimum absolute atomic E-state index is 0.111. The molecule has 2 heterocycles. The van der Waals surface area contributed by atoms with Gasteiger partial charge in [0.15, 0.2) is 11.9 Å². The molecule has 0 aromatic heterocycles. The van der Waals surface area contributed by atoms with E-state index in [1.165, 1.54) is 11.0 Å². The van der Waals surface area contributed by atoms with Crippen molar-refractivity contribution in [3.8, 4) is 5.75 Å². The van der Waals surface area contributed by atoms with Gasteiger partial charge in [0.1, 0.15) is 10.6 Å². The molecule has 0 fully saturated rings. The fourth-order valence-electron chi connectivity index (χ4n) is 3.14. The lowest BCUT2D eigenvalue weighted by atomic mass is 10.2. The van der Waals surface area contributed by atoms with Crippen LogP contribution in [0.25, 0.3) is 0 Å². The van der Waals surface area contributed by atoms with Crippen LogP contribution in [-0.4, -0.2) is 50.7 Å². The highest BCUT2D eigenvalue weighted by molar-refractivity contribution is 7.90. The first-order valence-electron chi connectivity index (χ1n) is 8.81. The molecule has 1 atom stereocenters. The van der Waals surface area contributed by atoms with Gasteiger partial charge in [0.05, 0.1) is 12.2 Å². The Bertz CT molecular complexity index is 1160. The molecular weight excluding hydrogens is 396 g/mol. The Hall–Kier alpha value is -3.40. The first-order valence-corrected chi connectivity index (χ1v) is 10.3. The smallest absolute Gasteiger partial charge is 0.285 e. The minimum Gasteiger partial charge on any atom is -0.479 e. The molecule has 4 rings (SSSR count). The molecule has 2 aromatic carbocycles. The number of nitrogens with zero attached hydrogens (tertiary/aromatic N) is 2. The highest BCUT2D eigenvalue weighted by atomic mass is 32.2. The summed E-state index contributed by atoms with van der Waals surface area (Å²) in [5.74, 6) is 0.110. The van der Waals surface area contributed by atoms with Crippen LogP contribution in [0.4, 0.5) is 11.4 Å². The van der Waals surface area contributed by atoms with Crippen molar-refractivity contribution in [2.75, 3.05) is 24.2 Å². The molecule has 2 amide bonds. The predicted octanol–water partition coefficient (Wildman–Crippen LogP) is 1.43. The van der Waals surface area contributed by atoms with Gasteiger partial charge in [-0.3, -0.25) is 9.59 Å². The van der Waals surface area contributed by atoms with Gasteiger partial charge in [0, 0.05) is 18.3 Å². The molecule has 0 saturated heterocycles. The molecule has 0 radical (unpaired) electrons. The second-order valence-electron chi connectivity index (χ2n) is 6.75. The van der Waals surface area contributed by atoms with Crippen molar-refractivity contribution in [3.63, 3.8) is 0 Å². The van der Waals surface area contributed by atoms with Crippen molar-refractivity contribution in [1.29, 1.82) is 0 Å². The first-order chi connectivity index (χ1) is 13.7. The SMILES string of the molecule is C[C@@H]1Oc2ccc(NC(=O)CN(C)C3=NS(=O)(=O)c4ccccc43)cc2NC1=O. The zero-order chi connectivity index (χ0) is 20.8. The van der Waals surface area contributed by atoms with Crippen LogP contribution in [0.2, 0.25) is 0 Å². The number of carbonyl (C=O) groups is 2. The Kier molecular flexibility index (Phi) is 4.50. The van der Waals surface area contributed by atoms with Gasteiger partial charge in [0.2, 0.25) is 5.91 Å². The van der Waals surface area contributed by atoms with E-state index in [0.29, 0.717) is 22.7 Å². The lowest BCUT2D eigenvalue weighted by molar-refractivity contribution is -0.122. The number of anilines is 2. The average Bonchev–Trinajstić information content (AvgIpc) is 2.94. The molecule has 10 heteroatoms. The molecular formula is C19H18N4O5S. The summed E-state index contributed by atoms with van der Waals surface area (Å²) in [6.07, 6.45) is -0.581. The van der Waals surface area contributed by atoms with Gasteiger partial charge >= 0.3 is 0 Å².